The van der Waals surface area contributed by atoms with Crippen molar-refractivity contribution in [1.82, 2.24) is 5.32 Å². The van der Waals surface area contributed by atoms with Crippen molar-refractivity contribution >= 4 is 11.9 Å². The Morgan fingerprint density at radius 2 is 0.580 bits per heavy atom. The van der Waals surface area contributed by atoms with Gasteiger partial charge in [0.05, 0.1) is 25.4 Å². The van der Waals surface area contributed by atoms with Crippen LogP contribution in [0.15, 0.2) is 24.3 Å². The van der Waals surface area contributed by atoms with Crippen LogP contribution in [0.2, 0.25) is 0 Å². The van der Waals surface area contributed by atoms with Crippen molar-refractivity contribution in [2.75, 3.05) is 13.2 Å². The van der Waals surface area contributed by atoms with Gasteiger partial charge in [-0.3, -0.25) is 9.59 Å². The van der Waals surface area contributed by atoms with Gasteiger partial charge in [-0.2, -0.15) is 0 Å². The maximum absolute atomic E-state index is 12.5. The summed E-state index contributed by atoms with van der Waals surface area (Å²) in [6, 6.07) is -0.625. The average molecular weight is 1140 g/mol. The number of allylic oxidation sites excluding steroid dienone is 3. The lowest BCUT2D eigenvalue weighted by atomic mass is 10.0. The van der Waals surface area contributed by atoms with E-state index in [9.17, 15) is 19.8 Å². The molecule has 0 spiro atoms. The van der Waals surface area contributed by atoms with Crippen LogP contribution in [-0.4, -0.2) is 47.4 Å². The van der Waals surface area contributed by atoms with E-state index in [0.29, 0.717) is 19.4 Å². The molecule has 0 aromatic carbocycles. The maximum Gasteiger partial charge on any atom is 0.305 e. The molecule has 0 aromatic heterocycles. The Kier molecular flexibility index (Phi) is 69.4. The fourth-order valence-corrected chi connectivity index (χ4v) is 11.8. The molecular formula is C75H145NO5. The Balaban J connectivity index is 3.33. The number of nitrogens with one attached hydrogen (secondary N) is 1. The molecule has 0 aliphatic carbocycles. The van der Waals surface area contributed by atoms with Gasteiger partial charge in [0.25, 0.3) is 0 Å². The molecular weight excluding hydrogens is 995 g/mol. The summed E-state index contributed by atoms with van der Waals surface area (Å²) in [5, 5.41) is 23.1. The van der Waals surface area contributed by atoms with Gasteiger partial charge in [0.1, 0.15) is 0 Å². The van der Waals surface area contributed by atoms with Crippen LogP contribution in [0.5, 0.6) is 0 Å². The Hall–Kier alpha value is -1.66. The van der Waals surface area contributed by atoms with Crippen LogP contribution in [0, 0.1) is 0 Å². The van der Waals surface area contributed by atoms with Crippen molar-refractivity contribution in [3.05, 3.63) is 24.3 Å². The fraction of sp³-hybridized carbons (Fsp3) is 0.920. The molecule has 0 aromatic rings. The van der Waals surface area contributed by atoms with E-state index >= 15 is 0 Å². The van der Waals surface area contributed by atoms with E-state index in [2.05, 4.69) is 31.3 Å². The molecule has 3 N–H and O–H groups in total. The monoisotopic (exact) mass is 1140 g/mol. The molecule has 0 radical (unpaired) electrons. The average Bonchev–Trinajstić information content (AvgIpc) is 3.47. The van der Waals surface area contributed by atoms with Gasteiger partial charge in [-0.25, -0.2) is 0 Å². The smallest absolute Gasteiger partial charge is 0.305 e. The molecule has 0 saturated heterocycles. The van der Waals surface area contributed by atoms with Crippen molar-refractivity contribution in [2.24, 2.45) is 0 Å². The molecule has 2 atom stereocenters. The summed E-state index contributed by atoms with van der Waals surface area (Å²) in [6.45, 7) is 4.94. The summed E-state index contributed by atoms with van der Waals surface area (Å²) in [5.74, 6) is -0.0401. The Morgan fingerprint density at radius 3 is 0.877 bits per heavy atom. The van der Waals surface area contributed by atoms with E-state index in [1.54, 1.807) is 6.08 Å². The highest BCUT2D eigenvalue weighted by Crippen LogP contribution is 2.19. The zero-order valence-corrected chi connectivity index (χ0v) is 55.0. The molecule has 6 heteroatoms. The number of hydrogen-bond donors (Lipinski definition) is 3. The minimum Gasteiger partial charge on any atom is -0.466 e. The van der Waals surface area contributed by atoms with E-state index < -0.39 is 12.1 Å². The van der Waals surface area contributed by atoms with Crippen LogP contribution >= 0.6 is 0 Å². The summed E-state index contributed by atoms with van der Waals surface area (Å²) in [6.07, 6.45) is 90.0. The van der Waals surface area contributed by atoms with Gasteiger partial charge < -0.3 is 20.3 Å². The van der Waals surface area contributed by atoms with Crippen LogP contribution in [0.25, 0.3) is 0 Å². The molecule has 0 fully saturated rings. The van der Waals surface area contributed by atoms with Crippen molar-refractivity contribution in [3.63, 3.8) is 0 Å². The minimum absolute atomic E-state index is 0.0235. The van der Waals surface area contributed by atoms with Crippen LogP contribution < -0.4 is 5.32 Å². The number of amides is 1. The highest BCUT2D eigenvalue weighted by molar-refractivity contribution is 5.76. The van der Waals surface area contributed by atoms with E-state index in [-0.39, 0.29) is 18.5 Å². The fourth-order valence-electron chi connectivity index (χ4n) is 11.8. The van der Waals surface area contributed by atoms with Crippen molar-refractivity contribution in [2.45, 2.75) is 431 Å². The largest absolute Gasteiger partial charge is 0.466 e. The zero-order valence-electron chi connectivity index (χ0n) is 55.0. The third-order valence-corrected chi connectivity index (χ3v) is 17.5. The summed E-state index contributed by atoms with van der Waals surface area (Å²) < 4.78 is 5.52. The summed E-state index contributed by atoms with van der Waals surface area (Å²) in [5.41, 5.74) is 0. The summed E-state index contributed by atoms with van der Waals surface area (Å²) >= 11 is 0. The maximum atomic E-state index is 12.5. The standard InChI is InChI=1S/C75H145NO5/c1-3-5-7-9-11-13-15-17-18-19-34-38-41-45-49-53-57-61-65-69-75(80)81-70-66-62-58-54-50-46-42-39-36-33-31-29-27-25-23-21-20-22-24-26-28-30-32-35-37-40-44-48-52-56-60-64-68-74(79)76-72(71-77)73(78)67-63-59-55-51-47-43-16-14-12-10-8-6-4-2/h23,25,63,67,72-73,77-78H,3-22,24,26-62,64-66,68-71H2,1-2H3,(H,76,79)/b25-23-,67-63+. The van der Waals surface area contributed by atoms with E-state index in [0.717, 1.165) is 38.5 Å². The van der Waals surface area contributed by atoms with Crippen LogP contribution in [0.4, 0.5) is 0 Å². The van der Waals surface area contributed by atoms with Gasteiger partial charge >= 0.3 is 5.97 Å². The Bertz CT molecular complexity index is 1270. The van der Waals surface area contributed by atoms with Gasteiger partial charge in [0, 0.05) is 12.8 Å². The number of ether oxygens (including phenoxy) is 1. The second-order valence-electron chi connectivity index (χ2n) is 25.6. The number of rotatable bonds is 70. The van der Waals surface area contributed by atoms with Gasteiger partial charge in [-0.1, -0.05) is 372 Å². The predicted molar refractivity (Wildman–Crippen MR) is 356 cm³/mol. The van der Waals surface area contributed by atoms with Crippen molar-refractivity contribution < 1.29 is 24.5 Å². The predicted octanol–water partition coefficient (Wildman–Crippen LogP) is 24.1. The van der Waals surface area contributed by atoms with Gasteiger partial charge in [0.2, 0.25) is 5.91 Å². The topological polar surface area (TPSA) is 95.9 Å². The molecule has 0 aliphatic rings. The molecule has 81 heavy (non-hydrogen) atoms. The number of unbranched alkanes of at least 4 members (excludes halogenated alkanes) is 57. The molecule has 0 saturated carbocycles. The van der Waals surface area contributed by atoms with E-state index in [1.165, 1.54) is 353 Å². The zero-order chi connectivity index (χ0) is 58.5. The van der Waals surface area contributed by atoms with Crippen molar-refractivity contribution in [3.8, 4) is 0 Å². The summed E-state index contributed by atoms with van der Waals surface area (Å²) in [4.78, 5) is 24.6. The number of carbonyl (C=O) groups excluding carboxylic acids is 2. The van der Waals surface area contributed by atoms with Crippen LogP contribution in [-0.2, 0) is 14.3 Å². The molecule has 6 nitrogen and oxygen atoms in total. The lowest BCUT2D eigenvalue weighted by Gasteiger charge is -2.20. The number of carbonyl (C=O) groups is 2. The lowest BCUT2D eigenvalue weighted by Crippen LogP contribution is -2.45. The lowest BCUT2D eigenvalue weighted by molar-refractivity contribution is -0.143. The van der Waals surface area contributed by atoms with E-state index in [4.69, 9.17) is 4.74 Å². The first-order valence-electron chi connectivity index (χ1n) is 37.1. The second-order valence-corrected chi connectivity index (χ2v) is 25.6. The number of aliphatic hydroxyl groups excluding tert-OH is 2. The van der Waals surface area contributed by atoms with Gasteiger partial charge in [-0.15, -0.1) is 0 Å². The SMILES string of the molecule is CCCCCCCCCCCCC/C=C/C(O)C(CO)NC(=O)CCCCCCCCCCCCCCCCCC/C=C\CCCCCCCCCCCCCCOC(=O)CCCCCCCCCCCCCCCCCCCCC. The van der Waals surface area contributed by atoms with Crippen LogP contribution in [0.1, 0.15) is 418 Å². The third-order valence-electron chi connectivity index (χ3n) is 17.5. The minimum atomic E-state index is -0.841. The Labute approximate surface area is 507 Å². The number of aliphatic hydroxyl groups is 2. The second kappa shape index (κ2) is 70.8. The highest BCUT2D eigenvalue weighted by Gasteiger charge is 2.18. The number of esters is 1. The molecule has 0 heterocycles. The molecule has 0 aliphatic heterocycles. The normalized spacial score (nSPS) is 12.6. The van der Waals surface area contributed by atoms with E-state index in [1.807, 2.05) is 6.08 Å². The summed E-state index contributed by atoms with van der Waals surface area (Å²) in [7, 11) is 0. The molecule has 2 unspecified atom stereocenters. The quantitative estimate of drug-likeness (QED) is 0.0320. The van der Waals surface area contributed by atoms with Gasteiger partial charge in [-0.05, 0) is 57.8 Å². The Morgan fingerprint density at radius 1 is 0.333 bits per heavy atom. The highest BCUT2D eigenvalue weighted by atomic mass is 16.5. The molecule has 1 amide bonds. The molecule has 0 rings (SSSR count). The first-order chi connectivity index (χ1) is 40.0. The third kappa shape index (κ3) is 67.3. The number of hydrogen-bond acceptors (Lipinski definition) is 5. The van der Waals surface area contributed by atoms with Crippen LogP contribution in [0.3, 0.4) is 0 Å². The van der Waals surface area contributed by atoms with Crippen molar-refractivity contribution in [1.29, 1.82) is 0 Å². The first-order valence-corrected chi connectivity index (χ1v) is 37.1. The molecule has 0 bridgehead atoms. The molecule has 480 valence electrons. The first kappa shape index (κ1) is 79.3. The van der Waals surface area contributed by atoms with Gasteiger partial charge in [0.15, 0.2) is 0 Å².